The summed E-state index contributed by atoms with van der Waals surface area (Å²) < 4.78 is 5.44. The van der Waals surface area contributed by atoms with Gasteiger partial charge in [0.1, 0.15) is 6.61 Å². The predicted molar refractivity (Wildman–Crippen MR) is 104 cm³/mol. The third-order valence-corrected chi connectivity index (χ3v) is 6.36. The number of piperidine rings is 2. The number of hydrogen-bond donors (Lipinski definition) is 0. The van der Waals surface area contributed by atoms with Crippen molar-refractivity contribution in [3.05, 3.63) is 0 Å². The smallest absolute Gasteiger partial charge is 0.307 e. The average molecular weight is 367 g/mol. The van der Waals surface area contributed by atoms with Gasteiger partial charge in [0.2, 0.25) is 0 Å². The van der Waals surface area contributed by atoms with Gasteiger partial charge in [-0.2, -0.15) is 0 Å². The lowest BCUT2D eigenvalue weighted by Crippen LogP contribution is -2.53. The normalized spacial score (nSPS) is 25.4. The van der Waals surface area contributed by atoms with Crippen LogP contribution in [0.1, 0.15) is 38.5 Å². The Morgan fingerprint density at radius 1 is 0.846 bits per heavy atom. The van der Waals surface area contributed by atoms with Crippen LogP contribution in [0.3, 0.4) is 0 Å². The number of likely N-dealkylation sites (tertiary alicyclic amines) is 2. The van der Waals surface area contributed by atoms with E-state index in [-0.39, 0.29) is 5.97 Å². The van der Waals surface area contributed by atoms with Gasteiger partial charge >= 0.3 is 5.97 Å². The maximum atomic E-state index is 12.0. The van der Waals surface area contributed by atoms with Gasteiger partial charge < -0.3 is 14.5 Å². The molecule has 0 spiro atoms. The van der Waals surface area contributed by atoms with Crippen molar-refractivity contribution < 1.29 is 9.53 Å². The van der Waals surface area contributed by atoms with Crippen molar-refractivity contribution >= 4 is 5.97 Å². The van der Waals surface area contributed by atoms with Crippen molar-refractivity contribution in [1.82, 2.24) is 19.6 Å². The Kier molecular flexibility index (Phi) is 8.17. The molecule has 150 valence electrons. The molecular formula is C20H38N4O2. The van der Waals surface area contributed by atoms with Crippen LogP contribution in [0.4, 0.5) is 0 Å². The second-order valence-corrected chi connectivity index (χ2v) is 8.28. The highest BCUT2D eigenvalue weighted by molar-refractivity contribution is 5.69. The van der Waals surface area contributed by atoms with Gasteiger partial charge in [-0.05, 0) is 58.9 Å². The minimum Gasteiger partial charge on any atom is -0.464 e. The summed E-state index contributed by atoms with van der Waals surface area (Å²) in [6.45, 7) is 11.6. The lowest BCUT2D eigenvalue weighted by atomic mass is 10.0. The molecule has 0 N–H and O–H groups in total. The minimum atomic E-state index is -0.0280. The van der Waals surface area contributed by atoms with Gasteiger partial charge in [-0.25, -0.2) is 0 Å². The van der Waals surface area contributed by atoms with E-state index in [9.17, 15) is 4.79 Å². The monoisotopic (exact) mass is 366 g/mol. The van der Waals surface area contributed by atoms with Crippen molar-refractivity contribution in [3.8, 4) is 0 Å². The molecule has 6 nitrogen and oxygen atoms in total. The molecule has 0 aromatic rings. The van der Waals surface area contributed by atoms with E-state index in [1.807, 2.05) is 0 Å². The van der Waals surface area contributed by atoms with Crippen molar-refractivity contribution in [2.45, 2.75) is 44.6 Å². The number of esters is 1. The zero-order valence-electron chi connectivity index (χ0n) is 16.7. The van der Waals surface area contributed by atoms with Crippen LogP contribution in [0.2, 0.25) is 0 Å². The molecule has 0 saturated carbocycles. The third kappa shape index (κ3) is 6.48. The second kappa shape index (κ2) is 10.6. The van der Waals surface area contributed by atoms with Crippen molar-refractivity contribution in [1.29, 1.82) is 0 Å². The summed E-state index contributed by atoms with van der Waals surface area (Å²) >= 11 is 0. The van der Waals surface area contributed by atoms with Crippen LogP contribution in [0.5, 0.6) is 0 Å². The number of hydrogen-bond acceptors (Lipinski definition) is 6. The van der Waals surface area contributed by atoms with Crippen LogP contribution in [0.15, 0.2) is 0 Å². The molecule has 0 atom stereocenters. The van der Waals surface area contributed by atoms with Gasteiger partial charge in [-0.1, -0.05) is 6.42 Å². The van der Waals surface area contributed by atoms with Crippen LogP contribution < -0.4 is 0 Å². The molecule has 0 aliphatic carbocycles. The summed E-state index contributed by atoms with van der Waals surface area (Å²) in [6.07, 6.45) is 7.07. The molecule has 0 amide bonds. The van der Waals surface area contributed by atoms with E-state index >= 15 is 0 Å². The van der Waals surface area contributed by atoms with Gasteiger partial charge in [0.05, 0.1) is 6.42 Å². The molecule has 0 unspecified atom stereocenters. The Balaban J connectivity index is 1.23. The summed E-state index contributed by atoms with van der Waals surface area (Å²) in [5.74, 6) is -0.0280. The zero-order chi connectivity index (χ0) is 18.2. The molecule has 3 heterocycles. The number of nitrogens with zero attached hydrogens (tertiary/aromatic N) is 4. The fraction of sp³-hybridized carbons (Fsp3) is 0.950. The van der Waals surface area contributed by atoms with Gasteiger partial charge in [-0.15, -0.1) is 0 Å². The van der Waals surface area contributed by atoms with Crippen molar-refractivity contribution in [2.75, 3.05) is 79.1 Å². The number of carbonyl (C=O) groups is 1. The first-order chi connectivity index (χ1) is 12.7. The topological polar surface area (TPSA) is 39.3 Å². The largest absolute Gasteiger partial charge is 0.464 e. The fourth-order valence-corrected chi connectivity index (χ4v) is 4.51. The standard InChI is InChI=1S/C20H38N4O2/c1-21-10-5-19(6-11-21)24-15-13-23(14-16-24)12-7-20(25)26-18-17-22-8-3-2-4-9-22/h19H,2-18H2,1H3. The molecule has 0 radical (unpaired) electrons. The maximum Gasteiger partial charge on any atom is 0.307 e. The first-order valence-corrected chi connectivity index (χ1v) is 10.7. The van der Waals surface area contributed by atoms with Crippen molar-refractivity contribution in [3.63, 3.8) is 0 Å². The summed E-state index contributed by atoms with van der Waals surface area (Å²) in [5.41, 5.74) is 0. The summed E-state index contributed by atoms with van der Waals surface area (Å²) in [4.78, 5) is 21.9. The number of carbonyl (C=O) groups excluding carboxylic acids is 1. The number of ether oxygens (including phenoxy) is 1. The predicted octanol–water partition coefficient (Wildman–Crippen LogP) is 1.12. The second-order valence-electron chi connectivity index (χ2n) is 8.28. The Morgan fingerprint density at radius 2 is 1.50 bits per heavy atom. The first kappa shape index (κ1) is 20.1. The van der Waals surface area contributed by atoms with E-state index < -0.39 is 0 Å². The molecule has 6 heteroatoms. The van der Waals surface area contributed by atoms with Crippen LogP contribution in [0, 0.1) is 0 Å². The average Bonchev–Trinajstić information content (AvgIpc) is 2.68. The van der Waals surface area contributed by atoms with Gasteiger partial charge in [0, 0.05) is 45.3 Å². The van der Waals surface area contributed by atoms with Crippen LogP contribution in [-0.4, -0.2) is 111 Å². The SMILES string of the molecule is CN1CCC(N2CCN(CCC(=O)OCCN3CCCCC3)CC2)CC1. The van der Waals surface area contributed by atoms with E-state index in [1.54, 1.807) is 0 Å². The van der Waals surface area contributed by atoms with Crippen LogP contribution in [0.25, 0.3) is 0 Å². The summed E-state index contributed by atoms with van der Waals surface area (Å²) in [6, 6.07) is 0.771. The number of rotatable bonds is 7. The maximum absolute atomic E-state index is 12.0. The lowest BCUT2D eigenvalue weighted by Gasteiger charge is -2.42. The molecule has 3 saturated heterocycles. The molecule has 0 aromatic carbocycles. The van der Waals surface area contributed by atoms with Gasteiger partial charge in [0.25, 0.3) is 0 Å². The van der Waals surface area contributed by atoms with Crippen LogP contribution in [-0.2, 0) is 9.53 Å². The van der Waals surface area contributed by atoms with E-state index in [1.165, 1.54) is 58.3 Å². The Morgan fingerprint density at radius 3 is 2.19 bits per heavy atom. The van der Waals surface area contributed by atoms with Gasteiger partial charge in [-0.3, -0.25) is 14.6 Å². The molecule has 0 bridgehead atoms. The van der Waals surface area contributed by atoms with E-state index in [4.69, 9.17) is 4.74 Å². The van der Waals surface area contributed by atoms with Crippen molar-refractivity contribution in [2.24, 2.45) is 0 Å². The molecule has 0 aromatic heterocycles. The molecule has 3 aliphatic rings. The van der Waals surface area contributed by atoms with Crippen LogP contribution >= 0.6 is 0 Å². The third-order valence-electron chi connectivity index (χ3n) is 6.36. The minimum absolute atomic E-state index is 0.0280. The molecular weight excluding hydrogens is 328 g/mol. The molecule has 26 heavy (non-hydrogen) atoms. The Hall–Kier alpha value is -0.690. The zero-order valence-corrected chi connectivity index (χ0v) is 16.7. The van der Waals surface area contributed by atoms with E-state index in [2.05, 4.69) is 26.6 Å². The van der Waals surface area contributed by atoms with Gasteiger partial charge in [0.15, 0.2) is 0 Å². The quantitative estimate of drug-likeness (QED) is 0.629. The van der Waals surface area contributed by atoms with E-state index in [0.717, 1.165) is 45.3 Å². The molecule has 3 rings (SSSR count). The Bertz CT molecular complexity index is 412. The highest BCUT2D eigenvalue weighted by Gasteiger charge is 2.26. The molecule has 3 fully saturated rings. The fourth-order valence-electron chi connectivity index (χ4n) is 4.51. The summed E-state index contributed by atoms with van der Waals surface area (Å²) in [7, 11) is 2.22. The van der Waals surface area contributed by atoms with E-state index in [0.29, 0.717) is 13.0 Å². The highest BCUT2D eigenvalue weighted by atomic mass is 16.5. The highest BCUT2D eigenvalue weighted by Crippen LogP contribution is 2.17. The Labute approximate surface area is 159 Å². The summed E-state index contributed by atoms with van der Waals surface area (Å²) in [5, 5.41) is 0. The number of piperazine rings is 1. The first-order valence-electron chi connectivity index (χ1n) is 10.7. The molecule has 3 aliphatic heterocycles. The lowest BCUT2D eigenvalue weighted by molar-refractivity contribution is -0.144.